The van der Waals surface area contributed by atoms with Gasteiger partial charge in [0.25, 0.3) is 0 Å². The third-order valence-corrected chi connectivity index (χ3v) is 3.96. The van der Waals surface area contributed by atoms with Crippen LogP contribution in [0.1, 0.15) is 30.9 Å². The number of rotatable bonds is 3. The lowest BCUT2D eigenvalue weighted by Gasteiger charge is -2.31. The van der Waals surface area contributed by atoms with E-state index in [1.165, 1.54) is 6.42 Å². The van der Waals surface area contributed by atoms with Crippen LogP contribution in [0.4, 0.5) is 0 Å². The molecule has 1 unspecified atom stereocenters. The summed E-state index contributed by atoms with van der Waals surface area (Å²) in [6.07, 6.45) is 2.88. The van der Waals surface area contributed by atoms with Crippen molar-refractivity contribution in [2.24, 2.45) is 5.92 Å². The smallest absolute Gasteiger partial charge is 0.138 e. The van der Waals surface area contributed by atoms with Crippen LogP contribution in [-0.2, 0) is 0 Å². The first-order chi connectivity index (χ1) is 7.63. The lowest BCUT2D eigenvalue weighted by atomic mass is 9.78. The Balaban J connectivity index is 2.36. The number of ether oxygens (including phenoxy) is 1. The topological polar surface area (TPSA) is 29.5 Å². The number of aliphatic hydroxyl groups excluding tert-OH is 1. The molecule has 0 bridgehead atoms. The summed E-state index contributed by atoms with van der Waals surface area (Å²) in [6, 6.07) is 3.56. The minimum Gasteiger partial charge on any atom is -0.495 e. The molecule has 0 saturated heterocycles. The lowest BCUT2D eigenvalue weighted by Crippen LogP contribution is -2.20. The van der Waals surface area contributed by atoms with Gasteiger partial charge in [-0.25, -0.2) is 0 Å². The maximum absolute atomic E-state index is 10.2. The summed E-state index contributed by atoms with van der Waals surface area (Å²) in [5.41, 5.74) is 0.784. The van der Waals surface area contributed by atoms with Crippen molar-refractivity contribution >= 4 is 27.5 Å². The fourth-order valence-corrected chi connectivity index (χ4v) is 3.02. The van der Waals surface area contributed by atoms with E-state index in [0.29, 0.717) is 16.7 Å². The first-order valence-corrected chi connectivity index (χ1v) is 6.51. The molecule has 1 saturated carbocycles. The van der Waals surface area contributed by atoms with Crippen molar-refractivity contribution < 1.29 is 9.84 Å². The van der Waals surface area contributed by atoms with Crippen LogP contribution in [-0.4, -0.2) is 12.2 Å². The molecule has 1 fully saturated rings. The average Bonchev–Trinajstić information content (AvgIpc) is 2.13. The van der Waals surface area contributed by atoms with Crippen molar-refractivity contribution in [1.29, 1.82) is 0 Å². The highest BCUT2D eigenvalue weighted by Gasteiger charge is 2.29. The van der Waals surface area contributed by atoms with Crippen molar-refractivity contribution in [2.75, 3.05) is 7.11 Å². The molecule has 0 aromatic heterocycles. The summed E-state index contributed by atoms with van der Waals surface area (Å²) in [6.45, 7) is 0. The molecule has 0 heterocycles. The average molecular weight is 306 g/mol. The van der Waals surface area contributed by atoms with E-state index in [1.807, 2.05) is 0 Å². The summed E-state index contributed by atoms with van der Waals surface area (Å²) >= 11 is 9.39. The summed E-state index contributed by atoms with van der Waals surface area (Å²) in [4.78, 5) is 0. The second kappa shape index (κ2) is 4.94. The molecule has 88 valence electrons. The zero-order valence-electron chi connectivity index (χ0n) is 9.04. The van der Waals surface area contributed by atoms with Crippen LogP contribution >= 0.6 is 27.5 Å². The molecule has 1 N–H and O–H groups in total. The molecule has 1 aliphatic rings. The Labute approximate surface area is 109 Å². The first kappa shape index (κ1) is 12.2. The molecule has 1 aromatic rings. The Hall–Kier alpha value is -0.250. The van der Waals surface area contributed by atoms with Crippen molar-refractivity contribution in [3.8, 4) is 5.75 Å². The van der Waals surface area contributed by atoms with Gasteiger partial charge < -0.3 is 9.84 Å². The second-order valence-corrected chi connectivity index (χ2v) is 5.44. The maximum Gasteiger partial charge on any atom is 0.138 e. The molecule has 1 atom stereocenters. The van der Waals surface area contributed by atoms with Gasteiger partial charge in [0.05, 0.1) is 17.7 Å². The Morgan fingerprint density at radius 1 is 1.50 bits per heavy atom. The van der Waals surface area contributed by atoms with Crippen molar-refractivity contribution in [3.05, 3.63) is 27.2 Å². The van der Waals surface area contributed by atoms with Gasteiger partial charge in [0.1, 0.15) is 5.75 Å². The molecular formula is C12H14BrClO2. The van der Waals surface area contributed by atoms with Crippen LogP contribution in [0.2, 0.25) is 5.02 Å². The van der Waals surface area contributed by atoms with Crippen molar-refractivity contribution in [2.45, 2.75) is 25.4 Å². The van der Waals surface area contributed by atoms with Crippen LogP contribution in [0.3, 0.4) is 0 Å². The van der Waals surface area contributed by atoms with E-state index in [4.69, 9.17) is 16.3 Å². The normalized spacial score (nSPS) is 18.0. The Morgan fingerprint density at radius 2 is 2.19 bits per heavy atom. The number of hydrogen-bond acceptors (Lipinski definition) is 2. The molecule has 4 heteroatoms. The van der Waals surface area contributed by atoms with Crippen LogP contribution in [0.25, 0.3) is 0 Å². The van der Waals surface area contributed by atoms with E-state index in [2.05, 4.69) is 15.9 Å². The standard InChI is InChI=1S/C12H14BrClO2/c1-16-12-9(5-8(14)6-10(12)13)11(15)7-3-2-4-7/h5-7,11,15H,2-4H2,1H3. The summed E-state index contributed by atoms with van der Waals surface area (Å²) in [5.74, 6) is 1.03. The highest BCUT2D eigenvalue weighted by atomic mass is 79.9. The van der Waals surface area contributed by atoms with Gasteiger partial charge >= 0.3 is 0 Å². The van der Waals surface area contributed by atoms with Gasteiger partial charge in [0, 0.05) is 10.6 Å². The van der Waals surface area contributed by atoms with E-state index >= 15 is 0 Å². The van der Waals surface area contributed by atoms with Gasteiger partial charge in [-0.1, -0.05) is 18.0 Å². The number of hydrogen-bond donors (Lipinski definition) is 1. The number of aliphatic hydroxyl groups is 1. The van der Waals surface area contributed by atoms with Crippen LogP contribution in [0.15, 0.2) is 16.6 Å². The van der Waals surface area contributed by atoms with E-state index in [1.54, 1.807) is 19.2 Å². The van der Waals surface area contributed by atoms with E-state index in [0.717, 1.165) is 22.9 Å². The SMILES string of the molecule is COc1c(Br)cc(Cl)cc1C(O)C1CCC1. The molecule has 0 amide bonds. The number of halogens is 2. The predicted octanol–water partition coefficient (Wildman–Crippen LogP) is 3.94. The Kier molecular flexibility index (Phi) is 3.77. The predicted molar refractivity (Wildman–Crippen MR) is 68.0 cm³/mol. The molecular weight excluding hydrogens is 291 g/mol. The van der Waals surface area contributed by atoms with Crippen molar-refractivity contribution in [1.82, 2.24) is 0 Å². The largest absolute Gasteiger partial charge is 0.495 e. The van der Waals surface area contributed by atoms with E-state index in [9.17, 15) is 5.11 Å². The molecule has 1 aromatic carbocycles. The summed E-state index contributed by atoms with van der Waals surface area (Å²) < 4.78 is 6.09. The number of methoxy groups -OCH3 is 1. The third-order valence-electron chi connectivity index (χ3n) is 3.16. The van der Waals surface area contributed by atoms with E-state index in [-0.39, 0.29) is 0 Å². The van der Waals surface area contributed by atoms with Gasteiger partial charge in [0.2, 0.25) is 0 Å². The molecule has 1 aliphatic carbocycles. The fourth-order valence-electron chi connectivity index (χ4n) is 2.02. The minimum absolute atomic E-state index is 0.347. The second-order valence-electron chi connectivity index (χ2n) is 4.15. The van der Waals surface area contributed by atoms with Crippen LogP contribution in [0, 0.1) is 5.92 Å². The van der Waals surface area contributed by atoms with Crippen LogP contribution < -0.4 is 4.74 Å². The first-order valence-electron chi connectivity index (χ1n) is 5.34. The zero-order valence-corrected chi connectivity index (χ0v) is 11.4. The minimum atomic E-state index is -0.473. The van der Waals surface area contributed by atoms with Gasteiger partial charge in [-0.05, 0) is 46.8 Å². The van der Waals surface area contributed by atoms with Crippen molar-refractivity contribution in [3.63, 3.8) is 0 Å². The maximum atomic E-state index is 10.2. The highest BCUT2D eigenvalue weighted by molar-refractivity contribution is 9.10. The molecule has 0 aliphatic heterocycles. The van der Waals surface area contributed by atoms with Gasteiger partial charge in [-0.3, -0.25) is 0 Å². The van der Waals surface area contributed by atoms with E-state index < -0.39 is 6.10 Å². The monoisotopic (exact) mass is 304 g/mol. The lowest BCUT2D eigenvalue weighted by molar-refractivity contribution is 0.0600. The summed E-state index contributed by atoms with van der Waals surface area (Å²) in [7, 11) is 1.60. The van der Waals surface area contributed by atoms with Gasteiger partial charge in [0.15, 0.2) is 0 Å². The summed E-state index contributed by atoms with van der Waals surface area (Å²) in [5, 5.41) is 10.9. The quantitative estimate of drug-likeness (QED) is 0.916. The van der Waals surface area contributed by atoms with Gasteiger partial charge in [-0.15, -0.1) is 0 Å². The molecule has 2 nitrogen and oxygen atoms in total. The molecule has 2 rings (SSSR count). The molecule has 0 spiro atoms. The van der Waals surface area contributed by atoms with Crippen LogP contribution in [0.5, 0.6) is 5.75 Å². The Bertz CT molecular complexity index is 391. The molecule has 0 radical (unpaired) electrons. The number of benzene rings is 1. The zero-order chi connectivity index (χ0) is 11.7. The Morgan fingerprint density at radius 3 is 2.69 bits per heavy atom. The van der Waals surface area contributed by atoms with Gasteiger partial charge in [-0.2, -0.15) is 0 Å². The highest BCUT2D eigenvalue weighted by Crippen LogP contribution is 2.43. The fraction of sp³-hybridized carbons (Fsp3) is 0.500. The molecule has 16 heavy (non-hydrogen) atoms. The third kappa shape index (κ3) is 2.22.